The summed E-state index contributed by atoms with van der Waals surface area (Å²) in [5.41, 5.74) is 3.18. The summed E-state index contributed by atoms with van der Waals surface area (Å²) in [5.74, 6) is 1.98. The first kappa shape index (κ1) is 22.0. The molecule has 2 aromatic rings. The molecule has 0 radical (unpaired) electrons. The average molecular weight is 383 g/mol. The van der Waals surface area contributed by atoms with Gasteiger partial charge in [0.05, 0.1) is 0 Å². The minimum Gasteiger partial charge on any atom is -0.410 e. The number of benzene rings is 2. The first-order valence-corrected chi connectivity index (χ1v) is 10.1. The summed E-state index contributed by atoms with van der Waals surface area (Å²) >= 11 is 0. The van der Waals surface area contributed by atoms with Gasteiger partial charge >= 0.3 is 6.09 Å². The maximum atomic E-state index is 12.3. The van der Waals surface area contributed by atoms with Crippen LogP contribution in [0.3, 0.4) is 0 Å². The van der Waals surface area contributed by atoms with Gasteiger partial charge in [0.15, 0.2) is 0 Å². The van der Waals surface area contributed by atoms with Gasteiger partial charge in [-0.1, -0.05) is 52.0 Å². The number of amides is 1. The van der Waals surface area contributed by atoms with Crippen LogP contribution in [0.1, 0.15) is 57.1 Å². The molecule has 0 spiro atoms. The van der Waals surface area contributed by atoms with Crippen molar-refractivity contribution in [3.05, 3.63) is 59.7 Å². The van der Waals surface area contributed by atoms with Crippen molar-refractivity contribution in [2.24, 2.45) is 5.92 Å². The van der Waals surface area contributed by atoms with Crippen molar-refractivity contribution < 1.29 is 9.53 Å². The topological polar surface area (TPSA) is 41.6 Å². The van der Waals surface area contributed by atoms with Crippen LogP contribution in [-0.4, -0.2) is 31.6 Å². The fraction of sp³-hybridized carbons (Fsp3) is 0.458. The summed E-state index contributed by atoms with van der Waals surface area (Å²) in [6.07, 6.45) is 0.580. The quantitative estimate of drug-likeness (QED) is 0.599. The van der Waals surface area contributed by atoms with Crippen molar-refractivity contribution in [2.75, 3.05) is 26.0 Å². The molecule has 2 aromatic carbocycles. The molecule has 0 aromatic heterocycles. The lowest BCUT2D eigenvalue weighted by molar-refractivity contribution is 0.215. The standard InChI is InChI=1S/C24H34N2O2/c1-7-23(18(4)16-26(5)6)20-9-8-10-22(15-20)28-24(27)25-21-13-11-19(12-14-21)17(2)3/h8-15,17-18,23H,7,16H2,1-6H3,(H,25,27)/t18-,23-/m1/s1. The van der Waals surface area contributed by atoms with Crippen molar-refractivity contribution in [1.29, 1.82) is 0 Å². The lowest BCUT2D eigenvalue weighted by Crippen LogP contribution is -2.24. The van der Waals surface area contributed by atoms with Gasteiger partial charge in [0, 0.05) is 12.2 Å². The highest BCUT2D eigenvalue weighted by atomic mass is 16.6. The minimum atomic E-state index is -0.469. The highest BCUT2D eigenvalue weighted by Gasteiger charge is 2.19. The van der Waals surface area contributed by atoms with Crippen molar-refractivity contribution >= 4 is 11.8 Å². The smallest absolute Gasteiger partial charge is 0.410 e. The molecule has 4 nitrogen and oxygen atoms in total. The van der Waals surface area contributed by atoms with Crippen LogP contribution in [0.4, 0.5) is 10.5 Å². The van der Waals surface area contributed by atoms with Crippen LogP contribution in [0.25, 0.3) is 0 Å². The SMILES string of the molecule is CC[C@@H](c1cccc(OC(=O)Nc2ccc(C(C)C)cc2)c1)[C@H](C)CN(C)C. The van der Waals surface area contributed by atoms with Gasteiger partial charge in [0.2, 0.25) is 0 Å². The van der Waals surface area contributed by atoms with Gasteiger partial charge in [-0.2, -0.15) is 0 Å². The Morgan fingerprint density at radius 2 is 1.71 bits per heavy atom. The van der Waals surface area contributed by atoms with Crippen LogP contribution < -0.4 is 10.1 Å². The molecule has 4 heteroatoms. The normalized spacial score (nSPS) is 13.4. The molecule has 0 bridgehead atoms. The van der Waals surface area contributed by atoms with Crippen molar-refractivity contribution in [3.8, 4) is 5.75 Å². The molecule has 28 heavy (non-hydrogen) atoms. The van der Waals surface area contributed by atoms with Gasteiger partial charge in [-0.15, -0.1) is 0 Å². The van der Waals surface area contributed by atoms with Crippen LogP contribution >= 0.6 is 0 Å². The fourth-order valence-corrected chi connectivity index (χ4v) is 3.68. The Kier molecular flexibility index (Phi) is 8.06. The van der Waals surface area contributed by atoms with Crippen molar-refractivity contribution in [2.45, 2.75) is 46.0 Å². The van der Waals surface area contributed by atoms with Gasteiger partial charge in [-0.25, -0.2) is 4.79 Å². The Morgan fingerprint density at radius 1 is 1.04 bits per heavy atom. The molecule has 0 aliphatic heterocycles. The van der Waals surface area contributed by atoms with E-state index < -0.39 is 6.09 Å². The van der Waals surface area contributed by atoms with E-state index in [1.165, 1.54) is 11.1 Å². The third-order valence-electron chi connectivity index (χ3n) is 5.10. The zero-order valence-corrected chi connectivity index (χ0v) is 18.0. The summed E-state index contributed by atoms with van der Waals surface area (Å²) in [4.78, 5) is 14.5. The molecule has 0 aliphatic carbocycles. The molecule has 0 saturated heterocycles. The molecule has 2 atom stereocenters. The van der Waals surface area contributed by atoms with E-state index in [2.05, 4.69) is 58.1 Å². The minimum absolute atomic E-state index is 0.428. The molecule has 1 amide bonds. The third kappa shape index (κ3) is 6.38. The number of rotatable bonds is 8. The lowest BCUT2D eigenvalue weighted by Gasteiger charge is -2.26. The Hall–Kier alpha value is -2.33. The van der Waals surface area contributed by atoms with Gasteiger partial charge in [0.25, 0.3) is 0 Å². The second-order valence-electron chi connectivity index (χ2n) is 8.12. The molecule has 0 unspecified atom stereocenters. The van der Waals surface area contributed by atoms with E-state index in [0.717, 1.165) is 18.7 Å². The Labute approximate surface area is 169 Å². The molecular weight excluding hydrogens is 348 g/mol. The van der Waals surface area contributed by atoms with E-state index in [1.807, 2.05) is 42.5 Å². The van der Waals surface area contributed by atoms with E-state index in [0.29, 0.717) is 23.5 Å². The van der Waals surface area contributed by atoms with E-state index in [4.69, 9.17) is 4.74 Å². The summed E-state index contributed by atoms with van der Waals surface area (Å²) in [6.45, 7) is 9.79. The predicted molar refractivity (Wildman–Crippen MR) is 117 cm³/mol. The van der Waals surface area contributed by atoms with Gasteiger partial charge in [-0.3, -0.25) is 5.32 Å². The third-order valence-corrected chi connectivity index (χ3v) is 5.10. The van der Waals surface area contributed by atoms with Gasteiger partial charge < -0.3 is 9.64 Å². The Bertz CT molecular complexity index is 753. The van der Waals surface area contributed by atoms with Crippen molar-refractivity contribution in [3.63, 3.8) is 0 Å². The number of ether oxygens (including phenoxy) is 1. The molecule has 0 aliphatic rings. The number of hydrogen-bond acceptors (Lipinski definition) is 3. The van der Waals surface area contributed by atoms with Crippen LogP contribution in [0.15, 0.2) is 48.5 Å². The predicted octanol–water partition coefficient (Wildman–Crippen LogP) is 6.11. The average Bonchev–Trinajstić information content (AvgIpc) is 2.62. The molecule has 1 N–H and O–H groups in total. The molecular formula is C24H34N2O2. The lowest BCUT2D eigenvalue weighted by atomic mass is 9.85. The second kappa shape index (κ2) is 10.3. The Morgan fingerprint density at radius 3 is 2.29 bits per heavy atom. The zero-order valence-electron chi connectivity index (χ0n) is 18.0. The van der Waals surface area contributed by atoms with E-state index >= 15 is 0 Å². The summed E-state index contributed by atoms with van der Waals surface area (Å²) in [6, 6.07) is 15.8. The number of carbonyl (C=O) groups is 1. The van der Waals surface area contributed by atoms with Crippen LogP contribution in [0, 0.1) is 5.92 Å². The maximum Gasteiger partial charge on any atom is 0.417 e. The number of anilines is 1. The van der Waals surface area contributed by atoms with Gasteiger partial charge in [0.1, 0.15) is 5.75 Å². The number of nitrogens with zero attached hydrogens (tertiary/aromatic N) is 1. The molecule has 152 valence electrons. The van der Waals surface area contributed by atoms with E-state index in [1.54, 1.807) is 0 Å². The largest absolute Gasteiger partial charge is 0.417 e. The summed E-state index contributed by atoms with van der Waals surface area (Å²) < 4.78 is 5.53. The Balaban J connectivity index is 2.03. The van der Waals surface area contributed by atoms with Crippen molar-refractivity contribution in [1.82, 2.24) is 4.90 Å². The first-order chi connectivity index (χ1) is 13.3. The molecule has 0 fully saturated rings. The second-order valence-corrected chi connectivity index (χ2v) is 8.12. The van der Waals surface area contributed by atoms with Crippen LogP contribution in [-0.2, 0) is 0 Å². The van der Waals surface area contributed by atoms with Gasteiger partial charge in [-0.05, 0) is 73.7 Å². The molecule has 2 rings (SSSR count). The summed E-state index contributed by atoms with van der Waals surface area (Å²) in [5, 5.41) is 2.80. The number of nitrogens with one attached hydrogen (secondary N) is 1. The number of carbonyl (C=O) groups excluding carboxylic acids is 1. The highest BCUT2D eigenvalue weighted by Crippen LogP contribution is 2.30. The fourth-order valence-electron chi connectivity index (χ4n) is 3.68. The first-order valence-electron chi connectivity index (χ1n) is 10.1. The molecule has 0 heterocycles. The van der Waals surface area contributed by atoms with E-state index in [9.17, 15) is 4.79 Å². The number of hydrogen-bond donors (Lipinski definition) is 1. The van der Waals surface area contributed by atoms with Crippen LogP contribution in [0.2, 0.25) is 0 Å². The monoisotopic (exact) mass is 382 g/mol. The summed E-state index contributed by atoms with van der Waals surface area (Å²) in [7, 11) is 4.20. The zero-order chi connectivity index (χ0) is 20.7. The van der Waals surface area contributed by atoms with E-state index in [-0.39, 0.29) is 0 Å². The van der Waals surface area contributed by atoms with Crippen LogP contribution in [0.5, 0.6) is 5.75 Å². The molecule has 0 saturated carbocycles. The highest BCUT2D eigenvalue weighted by molar-refractivity contribution is 5.86. The maximum absolute atomic E-state index is 12.3.